The summed E-state index contributed by atoms with van der Waals surface area (Å²) in [5, 5.41) is 5.53. The highest BCUT2D eigenvalue weighted by molar-refractivity contribution is 8.26. The summed E-state index contributed by atoms with van der Waals surface area (Å²) < 4.78 is 0.467. The van der Waals surface area contributed by atoms with Gasteiger partial charge in [-0.2, -0.15) is 10.1 Å². The molecule has 0 N–H and O–H groups in total. The lowest BCUT2D eigenvalue weighted by Crippen LogP contribution is -2.21. The number of aryl methyl sites for hydroxylation is 2. The number of hydrazone groups is 1. The molecule has 22 heavy (non-hydrogen) atoms. The molecule has 0 aromatic carbocycles. The Kier molecular flexibility index (Phi) is 4.58. The van der Waals surface area contributed by atoms with Crippen molar-refractivity contribution >= 4 is 69.2 Å². The van der Waals surface area contributed by atoms with Crippen LogP contribution >= 0.6 is 46.7 Å². The molecule has 0 aliphatic carbocycles. The fraction of sp³-hybridized carbons (Fsp3) is 0.133. The van der Waals surface area contributed by atoms with Gasteiger partial charge in [-0.1, -0.05) is 11.8 Å². The molecular formula is C15H12N2OS4. The minimum absolute atomic E-state index is 0.161. The van der Waals surface area contributed by atoms with Crippen molar-refractivity contribution in [3.8, 4) is 0 Å². The largest absolute Gasteiger partial charge is 0.286 e. The Morgan fingerprint density at radius 2 is 1.73 bits per heavy atom. The van der Waals surface area contributed by atoms with Crippen LogP contribution in [0.25, 0.3) is 6.08 Å². The number of thiophene rings is 2. The van der Waals surface area contributed by atoms with Crippen LogP contribution in [0.5, 0.6) is 0 Å². The van der Waals surface area contributed by atoms with Gasteiger partial charge in [0, 0.05) is 19.5 Å². The van der Waals surface area contributed by atoms with Crippen LogP contribution in [0.15, 0.2) is 34.3 Å². The van der Waals surface area contributed by atoms with E-state index in [2.05, 4.69) is 5.10 Å². The number of hydrogen-bond acceptors (Lipinski definition) is 6. The van der Waals surface area contributed by atoms with Gasteiger partial charge in [0.1, 0.15) is 0 Å². The predicted octanol–water partition coefficient (Wildman–Crippen LogP) is 4.66. The topological polar surface area (TPSA) is 32.7 Å². The van der Waals surface area contributed by atoms with Crippen molar-refractivity contribution in [1.29, 1.82) is 0 Å². The number of carbonyl (C=O) groups is 1. The molecule has 0 radical (unpaired) electrons. The average Bonchev–Trinajstić information content (AvgIpc) is 3.12. The van der Waals surface area contributed by atoms with Crippen LogP contribution in [0.2, 0.25) is 0 Å². The van der Waals surface area contributed by atoms with Gasteiger partial charge in [0.15, 0.2) is 4.32 Å². The Labute approximate surface area is 146 Å². The second-order valence-electron chi connectivity index (χ2n) is 4.63. The normalized spacial score (nSPS) is 17.4. The molecule has 3 rings (SSSR count). The van der Waals surface area contributed by atoms with Crippen LogP contribution in [0, 0.1) is 13.8 Å². The standard InChI is InChI=1S/C15H12N2OS4/c1-9-3-5-11(20-9)7-13-14(18)17(15(19)22-13)16-8-12-6-4-10(2)21-12/h3-8H,1-2H3/b13-7+,16-8?. The molecule has 0 atom stereocenters. The maximum atomic E-state index is 12.4. The lowest BCUT2D eigenvalue weighted by atomic mass is 10.4. The maximum Gasteiger partial charge on any atom is 0.286 e. The second-order valence-corrected chi connectivity index (χ2v) is 8.95. The molecule has 1 amide bonds. The number of hydrogen-bond donors (Lipinski definition) is 0. The Balaban J connectivity index is 1.79. The van der Waals surface area contributed by atoms with Crippen molar-refractivity contribution in [2.24, 2.45) is 5.10 Å². The number of thioether (sulfide) groups is 1. The summed E-state index contributed by atoms with van der Waals surface area (Å²) in [6.45, 7) is 4.08. The summed E-state index contributed by atoms with van der Waals surface area (Å²) in [5.74, 6) is -0.161. The third-order valence-electron chi connectivity index (χ3n) is 2.87. The number of amides is 1. The van der Waals surface area contributed by atoms with E-state index in [9.17, 15) is 4.79 Å². The van der Waals surface area contributed by atoms with Crippen LogP contribution in [0.1, 0.15) is 19.5 Å². The van der Waals surface area contributed by atoms with E-state index in [-0.39, 0.29) is 5.91 Å². The summed E-state index contributed by atoms with van der Waals surface area (Å²) in [5.41, 5.74) is 0. The quantitative estimate of drug-likeness (QED) is 0.451. The van der Waals surface area contributed by atoms with Crippen LogP contribution < -0.4 is 0 Å². The van der Waals surface area contributed by atoms with Crippen LogP contribution in [0.3, 0.4) is 0 Å². The molecule has 112 valence electrons. The average molecular weight is 365 g/mol. The summed E-state index contributed by atoms with van der Waals surface area (Å²) in [4.78, 5) is 17.5. The smallest absolute Gasteiger partial charge is 0.266 e. The highest BCUT2D eigenvalue weighted by Crippen LogP contribution is 2.34. The Morgan fingerprint density at radius 1 is 1.09 bits per heavy atom. The van der Waals surface area contributed by atoms with Gasteiger partial charge in [0.05, 0.1) is 11.1 Å². The van der Waals surface area contributed by atoms with E-state index in [1.165, 1.54) is 26.5 Å². The molecule has 0 spiro atoms. The first-order valence-electron chi connectivity index (χ1n) is 6.48. The Morgan fingerprint density at radius 3 is 2.32 bits per heavy atom. The molecule has 0 unspecified atom stereocenters. The van der Waals surface area contributed by atoms with E-state index in [4.69, 9.17) is 12.2 Å². The highest BCUT2D eigenvalue weighted by atomic mass is 32.2. The first kappa shape index (κ1) is 15.6. The molecule has 1 fully saturated rings. The number of thiocarbonyl (C=S) groups is 1. The van der Waals surface area contributed by atoms with Crippen molar-refractivity contribution < 1.29 is 4.79 Å². The van der Waals surface area contributed by atoms with Crippen molar-refractivity contribution in [2.75, 3.05) is 0 Å². The molecule has 0 saturated carbocycles. The molecule has 1 saturated heterocycles. The van der Waals surface area contributed by atoms with E-state index in [1.807, 2.05) is 44.2 Å². The van der Waals surface area contributed by atoms with Crippen LogP contribution in [0.4, 0.5) is 0 Å². The Hall–Kier alpha value is -1.28. The second kappa shape index (κ2) is 6.45. The SMILES string of the molecule is Cc1ccc(C=NN2C(=O)/C(=C\c3ccc(C)s3)SC2=S)s1. The summed E-state index contributed by atoms with van der Waals surface area (Å²) in [7, 11) is 0. The number of carbonyl (C=O) groups excluding carboxylic acids is 1. The van der Waals surface area contributed by atoms with Gasteiger partial charge < -0.3 is 0 Å². The third-order valence-corrected chi connectivity index (χ3v) is 6.04. The van der Waals surface area contributed by atoms with E-state index in [0.29, 0.717) is 9.23 Å². The molecule has 3 heterocycles. The first-order valence-corrected chi connectivity index (χ1v) is 9.33. The molecule has 7 heteroatoms. The monoisotopic (exact) mass is 364 g/mol. The van der Waals surface area contributed by atoms with Crippen molar-refractivity contribution in [1.82, 2.24) is 5.01 Å². The Bertz CT molecular complexity index is 800. The first-order chi connectivity index (χ1) is 10.5. The van der Waals surface area contributed by atoms with E-state index < -0.39 is 0 Å². The minimum Gasteiger partial charge on any atom is -0.266 e. The number of nitrogens with zero attached hydrogens (tertiary/aromatic N) is 2. The van der Waals surface area contributed by atoms with E-state index >= 15 is 0 Å². The highest BCUT2D eigenvalue weighted by Gasteiger charge is 2.32. The molecule has 1 aliphatic heterocycles. The molecule has 1 aliphatic rings. The van der Waals surface area contributed by atoms with Crippen molar-refractivity contribution in [3.63, 3.8) is 0 Å². The van der Waals surface area contributed by atoms with Gasteiger partial charge in [-0.15, -0.1) is 22.7 Å². The van der Waals surface area contributed by atoms with Gasteiger partial charge >= 0.3 is 0 Å². The fourth-order valence-electron chi connectivity index (χ4n) is 1.86. The van der Waals surface area contributed by atoms with Gasteiger partial charge in [-0.3, -0.25) is 4.79 Å². The zero-order valence-electron chi connectivity index (χ0n) is 11.9. The maximum absolute atomic E-state index is 12.4. The van der Waals surface area contributed by atoms with Crippen LogP contribution in [-0.2, 0) is 4.79 Å². The van der Waals surface area contributed by atoms with Gasteiger partial charge in [-0.05, 0) is 56.4 Å². The summed E-state index contributed by atoms with van der Waals surface area (Å²) in [6.07, 6.45) is 3.56. The summed E-state index contributed by atoms with van der Waals surface area (Å²) >= 11 is 9.83. The van der Waals surface area contributed by atoms with Crippen molar-refractivity contribution in [2.45, 2.75) is 13.8 Å². The van der Waals surface area contributed by atoms with Gasteiger partial charge in [-0.25, -0.2) is 0 Å². The third kappa shape index (κ3) is 3.38. The molecule has 3 nitrogen and oxygen atoms in total. The fourth-order valence-corrected chi connectivity index (χ4v) is 4.66. The van der Waals surface area contributed by atoms with Gasteiger partial charge in [0.25, 0.3) is 5.91 Å². The molecule has 0 bridgehead atoms. The molecule has 2 aromatic heterocycles. The zero-order chi connectivity index (χ0) is 15.7. The molecule has 2 aromatic rings. The van der Waals surface area contributed by atoms with Crippen molar-refractivity contribution in [3.05, 3.63) is 48.7 Å². The number of rotatable bonds is 3. The summed E-state index contributed by atoms with van der Waals surface area (Å²) in [6, 6.07) is 8.04. The van der Waals surface area contributed by atoms with E-state index in [0.717, 1.165) is 9.75 Å². The van der Waals surface area contributed by atoms with Gasteiger partial charge in [0.2, 0.25) is 0 Å². The lowest BCUT2D eigenvalue weighted by molar-refractivity contribution is -0.122. The molecular weight excluding hydrogens is 352 g/mol. The predicted molar refractivity (Wildman–Crippen MR) is 101 cm³/mol. The van der Waals surface area contributed by atoms with E-state index in [1.54, 1.807) is 28.9 Å². The minimum atomic E-state index is -0.161. The zero-order valence-corrected chi connectivity index (χ0v) is 15.2. The lowest BCUT2D eigenvalue weighted by Gasteiger charge is -2.05. The van der Waals surface area contributed by atoms with Crippen LogP contribution in [-0.4, -0.2) is 21.5 Å².